The van der Waals surface area contributed by atoms with Gasteiger partial charge in [0.2, 0.25) is 0 Å². The van der Waals surface area contributed by atoms with Crippen LogP contribution in [0.3, 0.4) is 0 Å². The van der Waals surface area contributed by atoms with Gasteiger partial charge in [-0.05, 0) is 88.6 Å². The molecule has 0 aliphatic carbocycles. The highest BCUT2D eigenvalue weighted by molar-refractivity contribution is 5.76. The van der Waals surface area contributed by atoms with Crippen molar-refractivity contribution in [3.8, 4) is 0 Å². The SMILES string of the molecule is CC(C)(C)OC(=O)CN(CCN(CCN(CC(=O)OC(C)(C)C)CC(=O)OC(C)(C)C)[C@@H](COCc1ccccc1)C(=O)O)CC(=O)OC(C)(C)C. The first-order valence-electron chi connectivity index (χ1n) is 17.6. The van der Waals surface area contributed by atoms with Gasteiger partial charge in [-0.1, -0.05) is 30.3 Å². The van der Waals surface area contributed by atoms with Crippen molar-refractivity contribution in [1.29, 1.82) is 0 Å². The van der Waals surface area contributed by atoms with Crippen LogP contribution in [-0.4, -0.2) is 137 Å². The Bertz CT molecular complexity index is 1160. The van der Waals surface area contributed by atoms with E-state index in [-0.39, 0.29) is 65.6 Å². The average molecular weight is 738 g/mol. The molecule has 0 radical (unpaired) electrons. The highest BCUT2D eigenvalue weighted by atomic mass is 16.6. The first-order chi connectivity index (χ1) is 23.7. The molecule has 0 amide bonds. The van der Waals surface area contributed by atoms with Crippen molar-refractivity contribution in [2.75, 3.05) is 59.0 Å². The molecule has 52 heavy (non-hydrogen) atoms. The van der Waals surface area contributed by atoms with E-state index in [0.29, 0.717) is 0 Å². The third kappa shape index (κ3) is 23.1. The Morgan fingerprint density at radius 3 is 1.17 bits per heavy atom. The number of carboxylic acid groups (broad SMARTS) is 1. The van der Waals surface area contributed by atoms with E-state index >= 15 is 0 Å². The van der Waals surface area contributed by atoms with Crippen molar-refractivity contribution in [1.82, 2.24) is 14.7 Å². The molecule has 0 heterocycles. The number of aliphatic carboxylic acids is 1. The molecule has 0 unspecified atom stereocenters. The molecular weight excluding hydrogens is 674 g/mol. The van der Waals surface area contributed by atoms with Crippen LogP contribution in [0.25, 0.3) is 0 Å². The zero-order valence-electron chi connectivity index (χ0n) is 33.4. The molecule has 14 heteroatoms. The smallest absolute Gasteiger partial charge is 0.323 e. The van der Waals surface area contributed by atoms with Gasteiger partial charge in [0.15, 0.2) is 0 Å². The topological polar surface area (TPSA) is 161 Å². The molecule has 1 rings (SSSR count). The van der Waals surface area contributed by atoms with Crippen molar-refractivity contribution in [3.05, 3.63) is 35.9 Å². The minimum Gasteiger partial charge on any atom is -0.480 e. The standard InChI is InChI=1S/C38H63N3O11/c1-35(2,3)49-30(42)22-39(23-31(43)50-36(4,5)6)18-20-41(29(34(46)47)27-48-26-28-16-14-13-15-17-28)21-19-40(24-32(44)51-37(7,8)9)25-33(45)52-38(10,11)12/h13-17,29H,18-27H2,1-12H3,(H,46,47)/t29-/m0/s1. The van der Waals surface area contributed by atoms with Crippen LogP contribution >= 0.6 is 0 Å². The summed E-state index contributed by atoms with van der Waals surface area (Å²) < 4.78 is 27.9. The van der Waals surface area contributed by atoms with Gasteiger partial charge in [-0.25, -0.2) is 0 Å². The molecule has 1 aromatic carbocycles. The van der Waals surface area contributed by atoms with Crippen molar-refractivity contribution < 1.29 is 52.8 Å². The molecule has 0 spiro atoms. The van der Waals surface area contributed by atoms with Gasteiger partial charge in [0.1, 0.15) is 28.4 Å². The van der Waals surface area contributed by atoms with Crippen LogP contribution in [0.4, 0.5) is 0 Å². The summed E-state index contributed by atoms with van der Waals surface area (Å²) in [7, 11) is 0. The molecule has 0 aliphatic heterocycles. The van der Waals surface area contributed by atoms with Crippen molar-refractivity contribution in [2.24, 2.45) is 0 Å². The van der Waals surface area contributed by atoms with E-state index in [2.05, 4.69) is 0 Å². The summed E-state index contributed by atoms with van der Waals surface area (Å²) in [5.74, 6) is -3.42. The predicted octanol–water partition coefficient (Wildman–Crippen LogP) is 3.93. The minimum atomic E-state index is -1.17. The molecule has 14 nitrogen and oxygen atoms in total. The molecule has 1 N–H and O–H groups in total. The van der Waals surface area contributed by atoms with Crippen molar-refractivity contribution in [3.63, 3.8) is 0 Å². The van der Waals surface area contributed by atoms with Crippen LogP contribution in [0, 0.1) is 0 Å². The summed E-state index contributed by atoms with van der Waals surface area (Å²) in [6.45, 7) is 20.0. The lowest BCUT2D eigenvalue weighted by Gasteiger charge is -2.33. The summed E-state index contributed by atoms with van der Waals surface area (Å²) in [5.41, 5.74) is -2.21. The van der Waals surface area contributed by atoms with Gasteiger partial charge in [-0.3, -0.25) is 38.7 Å². The second-order valence-electron chi connectivity index (χ2n) is 16.7. The summed E-state index contributed by atoms with van der Waals surface area (Å²) in [5, 5.41) is 10.4. The third-order valence-corrected chi connectivity index (χ3v) is 6.61. The number of ether oxygens (including phenoxy) is 5. The van der Waals surface area contributed by atoms with Crippen molar-refractivity contribution in [2.45, 2.75) is 118 Å². The number of hydrogen-bond donors (Lipinski definition) is 1. The quantitative estimate of drug-likeness (QED) is 0.151. The van der Waals surface area contributed by atoms with Crippen LogP contribution < -0.4 is 0 Å². The molecule has 1 aromatic rings. The largest absolute Gasteiger partial charge is 0.480 e. The van der Waals surface area contributed by atoms with Gasteiger partial charge in [0, 0.05) is 26.2 Å². The zero-order chi connectivity index (χ0) is 39.9. The summed E-state index contributed by atoms with van der Waals surface area (Å²) in [6.07, 6.45) is 0. The predicted molar refractivity (Wildman–Crippen MR) is 195 cm³/mol. The van der Waals surface area contributed by atoms with Gasteiger partial charge in [-0.15, -0.1) is 0 Å². The zero-order valence-corrected chi connectivity index (χ0v) is 33.4. The number of benzene rings is 1. The van der Waals surface area contributed by atoms with E-state index in [9.17, 15) is 29.1 Å². The highest BCUT2D eigenvalue weighted by Crippen LogP contribution is 2.13. The number of carboxylic acids is 1. The first kappa shape index (κ1) is 46.4. The van der Waals surface area contributed by atoms with E-state index in [0.717, 1.165) is 5.56 Å². The van der Waals surface area contributed by atoms with Crippen LogP contribution in [0.15, 0.2) is 30.3 Å². The Morgan fingerprint density at radius 1 is 0.558 bits per heavy atom. The number of carbonyl (C=O) groups excluding carboxylic acids is 4. The first-order valence-corrected chi connectivity index (χ1v) is 17.6. The normalized spacial score (nSPS) is 13.2. The van der Waals surface area contributed by atoms with E-state index in [4.69, 9.17) is 23.7 Å². The van der Waals surface area contributed by atoms with E-state index in [1.807, 2.05) is 30.3 Å². The number of rotatable bonds is 20. The summed E-state index contributed by atoms with van der Waals surface area (Å²) >= 11 is 0. The van der Waals surface area contributed by atoms with Crippen LogP contribution in [0.5, 0.6) is 0 Å². The van der Waals surface area contributed by atoms with Crippen molar-refractivity contribution >= 4 is 29.8 Å². The number of nitrogens with zero attached hydrogens (tertiary/aromatic N) is 3. The third-order valence-electron chi connectivity index (χ3n) is 6.61. The second-order valence-corrected chi connectivity index (χ2v) is 16.7. The monoisotopic (exact) mass is 737 g/mol. The van der Waals surface area contributed by atoms with Gasteiger partial charge >= 0.3 is 29.8 Å². The fraction of sp³-hybridized carbons (Fsp3) is 0.711. The average Bonchev–Trinajstić information content (AvgIpc) is 2.91. The second kappa shape index (κ2) is 20.6. The van der Waals surface area contributed by atoms with Crippen LogP contribution in [0.2, 0.25) is 0 Å². The fourth-order valence-corrected chi connectivity index (χ4v) is 4.81. The lowest BCUT2D eigenvalue weighted by molar-refractivity contribution is -0.162. The molecule has 0 aromatic heterocycles. The highest BCUT2D eigenvalue weighted by Gasteiger charge is 2.30. The Hall–Kier alpha value is -3.59. The van der Waals surface area contributed by atoms with Crippen LogP contribution in [0.1, 0.15) is 88.6 Å². The Labute approximate surface area is 310 Å². The lowest BCUT2D eigenvalue weighted by atomic mass is 10.2. The minimum absolute atomic E-state index is 0.0595. The number of carbonyl (C=O) groups is 5. The Balaban J connectivity index is 3.39. The maximum atomic E-state index is 12.9. The fourth-order valence-electron chi connectivity index (χ4n) is 4.81. The molecule has 0 bridgehead atoms. The van der Waals surface area contributed by atoms with Crippen LogP contribution in [-0.2, 0) is 54.3 Å². The van der Waals surface area contributed by atoms with Gasteiger partial charge in [-0.2, -0.15) is 0 Å². The Morgan fingerprint density at radius 2 is 0.885 bits per heavy atom. The molecular formula is C38H63N3O11. The molecule has 0 aliphatic rings. The summed E-state index contributed by atoms with van der Waals surface area (Å²) in [6, 6.07) is 8.14. The molecule has 1 atom stereocenters. The summed E-state index contributed by atoms with van der Waals surface area (Å²) in [4.78, 5) is 69.0. The van der Waals surface area contributed by atoms with Gasteiger partial charge in [0.05, 0.1) is 39.4 Å². The number of hydrogen-bond acceptors (Lipinski definition) is 13. The van der Waals surface area contributed by atoms with Gasteiger partial charge in [0.25, 0.3) is 0 Å². The van der Waals surface area contributed by atoms with E-state index < -0.39 is 58.3 Å². The lowest BCUT2D eigenvalue weighted by Crippen LogP contribution is -2.52. The van der Waals surface area contributed by atoms with E-state index in [1.165, 1.54) is 9.80 Å². The maximum absolute atomic E-state index is 12.9. The van der Waals surface area contributed by atoms with Gasteiger partial charge < -0.3 is 28.8 Å². The molecule has 0 fully saturated rings. The molecule has 296 valence electrons. The maximum Gasteiger partial charge on any atom is 0.323 e. The van der Waals surface area contributed by atoms with E-state index in [1.54, 1.807) is 88.0 Å². The Kier molecular flexibility index (Phi) is 18.4. The number of esters is 4. The molecule has 0 saturated heterocycles. The molecule has 0 saturated carbocycles.